The smallest absolute Gasteiger partial charge is 0.225 e. The summed E-state index contributed by atoms with van der Waals surface area (Å²) >= 11 is 0. The standard InChI is InChI=1S/C23H26N2O/c1-2-19-12-14-24(23(19)26)15-13-20-17-25(16-18-8-4-3-5-9-18)22-11-7-6-10-21(20)22/h3-11,17,19H,2,12-16H2,1H3. The first-order chi connectivity index (χ1) is 12.8. The molecule has 1 fully saturated rings. The summed E-state index contributed by atoms with van der Waals surface area (Å²) in [5, 5.41) is 1.31. The van der Waals surface area contributed by atoms with Crippen LogP contribution in [0.5, 0.6) is 0 Å². The predicted octanol–water partition coefficient (Wildman–Crippen LogP) is 4.49. The first-order valence-electron chi connectivity index (χ1n) is 9.65. The molecule has 2 heterocycles. The van der Waals surface area contributed by atoms with Crippen molar-refractivity contribution in [3.8, 4) is 0 Å². The van der Waals surface area contributed by atoms with Gasteiger partial charge in [-0.3, -0.25) is 4.79 Å². The second-order valence-electron chi connectivity index (χ2n) is 7.25. The molecule has 3 nitrogen and oxygen atoms in total. The Morgan fingerprint density at radius 3 is 2.58 bits per heavy atom. The van der Waals surface area contributed by atoms with Crippen LogP contribution in [0.1, 0.15) is 30.9 Å². The van der Waals surface area contributed by atoms with Crippen LogP contribution in [0.3, 0.4) is 0 Å². The van der Waals surface area contributed by atoms with Crippen molar-refractivity contribution in [2.75, 3.05) is 13.1 Å². The van der Waals surface area contributed by atoms with Gasteiger partial charge in [-0.05, 0) is 36.5 Å². The molecule has 1 unspecified atom stereocenters. The highest BCUT2D eigenvalue weighted by Gasteiger charge is 2.29. The Kier molecular flexibility index (Phi) is 4.79. The van der Waals surface area contributed by atoms with Gasteiger partial charge < -0.3 is 9.47 Å². The molecule has 0 spiro atoms. The molecule has 1 atom stereocenters. The lowest BCUT2D eigenvalue weighted by Gasteiger charge is -2.16. The largest absolute Gasteiger partial charge is 0.343 e. The van der Waals surface area contributed by atoms with Gasteiger partial charge in [0.15, 0.2) is 0 Å². The van der Waals surface area contributed by atoms with Gasteiger partial charge in [0.1, 0.15) is 0 Å². The number of hydrogen-bond acceptors (Lipinski definition) is 1. The molecule has 1 aliphatic heterocycles. The highest BCUT2D eigenvalue weighted by atomic mass is 16.2. The average Bonchev–Trinajstić information content (AvgIpc) is 3.21. The molecule has 2 aromatic carbocycles. The van der Waals surface area contributed by atoms with Crippen molar-refractivity contribution in [2.24, 2.45) is 5.92 Å². The maximum absolute atomic E-state index is 12.4. The highest BCUT2D eigenvalue weighted by Crippen LogP contribution is 2.25. The predicted molar refractivity (Wildman–Crippen MR) is 106 cm³/mol. The van der Waals surface area contributed by atoms with Gasteiger partial charge in [0.2, 0.25) is 5.91 Å². The normalized spacial score (nSPS) is 17.3. The van der Waals surface area contributed by atoms with E-state index >= 15 is 0 Å². The van der Waals surface area contributed by atoms with E-state index in [0.29, 0.717) is 5.91 Å². The molecular weight excluding hydrogens is 320 g/mol. The fourth-order valence-corrected chi connectivity index (χ4v) is 4.09. The lowest BCUT2D eigenvalue weighted by Crippen LogP contribution is -2.29. The minimum absolute atomic E-state index is 0.245. The van der Waals surface area contributed by atoms with E-state index in [9.17, 15) is 4.79 Å². The van der Waals surface area contributed by atoms with Crippen LogP contribution in [0.25, 0.3) is 10.9 Å². The van der Waals surface area contributed by atoms with Crippen LogP contribution in [-0.2, 0) is 17.8 Å². The number of likely N-dealkylation sites (tertiary alicyclic amines) is 1. The van der Waals surface area contributed by atoms with Gasteiger partial charge in [-0.2, -0.15) is 0 Å². The van der Waals surface area contributed by atoms with Crippen molar-refractivity contribution in [3.05, 3.63) is 71.9 Å². The van der Waals surface area contributed by atoms with E-state index in [1.807, 2.05) is 0 Å². The van der Waals surface area contributed by atoms with Gasteiger partial charge >= 0.3 is 0 Å². The molecule has 3 aromatic rings. The molecule has 26 heavy (non-hydrogen) atoms. The maximum atomic E-state index is 12.4. The van der Waals surface area contributed by atoms with Crippen molar-refractivity contribution in [1.82, 2.24) is 9.47 Å². The summed E-state index contributed by atoms with van der Waals surface area (Å²) in [6.45, 7) is 4.74. The van der Waals surface area contributed by atoms with Gasteiger partial charge in [-0.15, -0.1) is 0 Å². The lowest BCUT2D eigenvalue weighted by atomic mass is 10.1. The summed E-state index contributed by atoms with van der Waals surface area (Å²) in [5.41, 5.74) is 3.91. The number of benzene rings is 2. The number of carbonyl (C=O) groups excluding carboxylic acids is 1. The van der Waals surface area contributed by atoms with Crippen molar-refractivity contribution >= 4 is 16.8 Å². The van der Waals surface area contributed by atoms with Crippen LogP contribution >= 0.6 is 0 Å². The van der Waals surface area contributed by atoms with Crippen LogP contribution < -0.4 is 0 Å². The molecule has 0 saturated carbocycles. The molecule has 0 bridgehead atoms. The summed E-state index contributed by atoms with van der Waals surface area (Å²) in [6.07, 6.45) is 5.18. The lowest BCUT2D eigenvalue weighted by molar-refractivity contribution is -0.131. The maximum Gasteiger partial charge on any atom is 0.225 e. The number of nitrogens with zero attached hydrogens (tertiary/aromatic N) is 2. The van der Waals surface area contributed by atoms with Crippen molar-refractivity contribution < 1.29 is 4.79 Å². The molecule has 1 aromatic heterocycles. The molecule has 1 amide bonds. The van der Waals surface area contributed by atoms with E-state index in [0.717, 1.165) is 38.9 Å². The van der Waals surface area contributed by atoms with E-state index in [4.69, 9.17) is 0 Å². The number of rotatable bonds is 6. The second kappa shape index (κ2) is 7.36. The molecule has 1 aliphatic rings. The van der Waals surface area contributed by atoms with Crippen molar-refractivity contribution in [3.63, 3.8) is 0 Å². The number of hydrogen-bond donors (Lipinski definition) is 0. The monoisotopic (exact) mass is 346 g/mol. The van der Waals surface area contributed by atoms with Crippen LogP contribution in [0.4, 0.5) is 0 Å². The first kappa shape index (κ1) is 16.9. The summed E-state index contributed by atoms with van der Waals surface area (Å²) in [6, 6.07) is 19.2. The molecule has 4 rings (SSSR count). The van der Waals surface area contributed by atoms with Crippen LogP contribution in [0.15, 0.2) is 60.8 Å². The van der Waals surface area contributed by atoms with Crippen LogP contribution in [0, 0.1) is 5.92 Å². The minimum Gasteiger partial charge on any atom is -0.343 e. The molecule has 0 radical (unpaired) electrons. The van der Waals surface area contributed by atoms with E-state index in [1.54, 1.807) is 0 Å². The third-order valence-corrected chi connectivity index (χ3v) is 5.62. The topological polar surface area (TPSA) is 25.2 Å². The van der Waals surface area contributed by atoms with Gasteiger partial charge in [-0.25, -0.2) is 0 Å². The zero-order valence-corrected chi connectivity index (χ0v) is 15.4. The number of amides is 1. The molecule has 3 heteroatoms. The Morgan fingerprint density at radius 2 is 1.81 bits per heavy atom. The number of para-hydroxylation sites is 1. The van der Waals surface area contributed by atoms with Crippen LogP contribution in [0.2, 0.25) is 0 Å². The third kappa shape index (κ3) is 3.26. The van der Waals surface area contributed by atoms with E-state index in [-0.39, 0.29) is 5.92 Å². The number of aromatic nitrogens is 1. The van der Waals surface area contributed by atoms with Gasteiger partial charge in [0, 0.05) is 42.7 Å². The average molecular weight is 346 g/mol. The van der Waals surface area contributed by atoms with Gasteiger partial charge in [0.25, 0.3) is 0 Å². The zero-order valence-electron chi connectivity index (χ0n) is 15.4. The first-order valence-corrected chi connectivity index (χ1v) is 9.65. The van der Waals surface area contributed by atoms with Crippen LogP contribution in [-0.4, -0.2) is 28.5 Å². The Labute approximate surface area is 155 Å². The Hall–Kier alpha value is -2.55. The summed E-state index contributed by atoms with van der Waals surface area (Å²) < 4.78 is 2.33. The minimum atomic E-state index is 0.245. The van der Waals surface area contributed by atoms with E-state index in [1.165, 1.54) is 22.0 Å². The van der Waals surface area contributed by atoms with Gasteiger partial charge in [-0.1, -0.05) is 55.5 Å². The van der Waals surface area contributed by atoms with E-state index < -0.39 is 0 Å². The number of fused-ring (bicyclic) bond motifs is 1. The van der Waals surface area contributed by atoms with E-state index in [2.05, 4.69) is 77.2 Å². The molecule has 134 valence electrons. The Morgan fingerprint density at radius 1 is 1.04 bits per heavy atom. The molecule has 1 saturated heterocycles. The Bertz CT molecular complexity index is 897. The number of carbonyl (C=O) groups is 1. The second-order valence-corrected chi connectivity index (χ2v) is 7.25. The summed E-state index contributed by atoms with van der Waals surface area (Å²) in [4.78, 5) is 14.4. The third-order valence-electron chi connectivity index (χ3n) is 5.62. The molecular formula is C23H26N2O. The highest BCUT2D eigenvalue weighted by molar-refractivity contribution is 5.84. The quantitative estimate of drug-likeness (QED) is 0.645. The fourth-order valence-electron chi connectivity index (χ4n) is 4.09. The Balaban J connectivity index is 1.55. The molecule has 0 aliphatic carbocycles. The molecule has 0 N–H and O–H groups in total. The zero-order chi connectivity index (χ0) is 17.9. The van der Waals surface area contributed by atoms with Crippen molar-refractivity contribution in [1.29, 1.82) is 0 Å². The SMILES string of the molecule is CCC1CCN(CCc2cn(Cc3ccccc3)c3ccccc23)C1=O. The van der Waals surface area contributed by atoms with Gasteiger partial charge in [0.05, 0.1) is 0 Å². The summed E-state index contributed by atoms with van der Waals surface area (Å²) in [7, 11) is 0. The summed E-state index contributed by atoms with van der Waals surface area (Å²) in [5.74, 6) is 0.593. The van der Waals surface area contributed by atoms with Crippen molar-refractivity contribution in [2.45, 2.75) is 32.7 Å². The fraction of sp³-hybridized carbons (Fsp3) is 0.348.